The lowest BCUT2D eigenvalue weighted by Gasteiger charge is -1.99. The van der Waals surface area contributed by atoms with Crippen molar-refractivity contribution in [2.75, 3.05) is 0 Å². The summed E-state index contributed by atoms with van der Waals surface area (Å²) < 4.78 is 3.15. The van der Waals surface area contributed by atoms with E-state index >= 15 is 0 Å². The smallest absolute Gasteiger partial charge is 0.172 e. The number of rotatable bonds is 2. The quantitative estimate of drug-likeness (QED) is 0.612. The maximum absolute atomic E-state index is 4.43. The zero-order valence-electron chi connectivity index (χ0n) is 7.07. The van der Waals surface area contributed by atoms with E-state index in [9.17, 15) is 0 Å². The molecule has 0 aliphatic heterocycles. The highest BCUT2D eigenvalue weighted by molar-refractivity contribution is 14.1. The van der Waals surface area contributed by atoms with E-state index < -0.39 is 0 Å². The van der Waals surface area contributed by atoms with Crippen molar-refractivity contribution in [3.8, 4) is 0 Å². The second kappa shape index (κ2) is 3.49. The zero-order valence-corrected chi connectivity index (χ0v) is 9.23. The molecule has 0 saturated carbocycles. The number of imidazole rings is 1. The third kappa shape index (κ3) is 1.48. The van der Waals surface area contributed by atoms with Crippen molar-refractivity contribution in [3.63, 3.8) is 0 Å². The van der Waals surface area contributed by atoms with Crippen LogP contribution < -0.4 is 0 Å². The minimum absolute atomic E-state index is 0.818. The molecule has 1 heterocycles. The van der Waals surface area contributed by atoms with Crippen molar-refractivity contribution in [3.05, 3.63) is 40.8 Å². The summed E-state index contributed by atoms with van der Waals surface area (Å²) in [6.45, 7) is 4.55. The van der Waals surface area contributed by atoms with E-state index in [0.29, 0.717) is 0 Å². The number of para-hydroxylation sites is 2. The second-order valence-corrected chi connectivity index (χ2v) is 3.73. The fourth-order valence-corrected chi connectivity index (χ4v) is 2.07. The fourth-order valence-electron chi connectivity index (χ4n) is 1.35. The summed E-state index contributed by atoms with van der Waals surface area (Å²) in [4.78, 5) is 4.43. The van der Waals surface area contributed by atoms with Crippen LogP contribution in [0.2, 0.25) is 0 Å². The molecule has 2 nitrogen and oxygen atoms in total. The van der Waals surface area contributed by atoms with E-state index in [1.807, 2.05) is 24.3 Å². The number of allylic oxidation sites excluding steroid dienone is 1. The first-order valence-electron chi connectivity index (χ1n) is 4.04. The molecule has 0 unspecified atom stereocenters. The molecule has 1 aromatic heterocycles. The van der Waals surface area contributed by atoms with Gasteiger partial charge in [0.05, 0.1) is 11.0 Å². The van der Waals surface area contributed by atoms with Gasteiger partial charge in [-0.05, 0) is 34.7 Å². The first kappa shape index (κ1) is 8.74. The molecule has 0 saturated heterocycles. The highest BCUT2D eigenvalue weighted by atomic mass is 127. The number of fused-ring (bicyclic) bond motifs is 1. The minimum Gasteiger partial charge on any atom is -0.315 e. The summed E-state index contributed by atoms with van der Waals surface area (Å²) in [6, 6.07) is 8.13. The molecule has 0 bridgehead atoms. The molecule has 0 aliphatic rings. The van der Waals surface area contributed by atoms with Crippen molar-refractivity contribution in [2.45, 2.75) is 6.54 Å². The third-order valence-electron chi connectivity index (χ3n) is 1.92. The molecule has 0 radical (unpaired) electrons. The number of hydrogen-bond acceptors (Lipinski definition) is 1. The lowest BCUT2D eigenvalue weighted by Crippen LogP contribution is -1.96. The number of benzene rings is 1. The van der Waals surface area contributed by atoms with Crippen LogP contribution in [0.15, 0.2) is 36.9 Å². The predicted octanol–water partition coefficient (Wildman–Crippen LogP) is 2.83. The second-order valence-electron chi connectivity index (χ2n) is 2.77. The van der Waals surface area contributed by atoms with Gasteiger partial charge in [0.2, 0.25) is 0 Å². The largest absolute Gasteiger partial charge is 0.315 e. The molecule has 2 aromatic rings. The molecule has 0 aliphatic carbocycles. The Kier molecular flexibility index (Phi) is 2.35. The van der Waals surface area contributed by atoms with Gasteiger partial charge in [-0.15, -0.1) is 6.58 Å². The highest BCUT2D eigenvalue weighted by Crippen LogP contribution is 2.16. The molecule has 0 amide bonds. The van der Waals surface area contributed by atoms with Gasteiger partial charge in [0.1, 0.15) is 0 Å². The Morgan fingerprint density at radius 1 is 1.46 bits per heavy atom. The van der Waals surface area contributed by atoms with E-state index in [0.717, 1.165) is 15.9 Å². The van der Waals surface area contributed by atoms with Crippen molar-refractivity contribution in [1.29, 1.82) is 0 Å². The van der Waals surface area contributed by atoms with Gasteiger partial charge in [0, 0.05) is 6.54 Å². The maximum Gasteiger partial charge on any atom is 0.172 e. The highest BCUT2D eigenvalue weighted by Gasteiger charge is 2.04. The Hall–Kier alpha value is -0.840. The van der Waals surface area contributed by atoms with Crippen molar-refractivity contribution in [1.82, 2.24) is 9.55 Å². The summed E-state index contributed by atoms with van der Waals surface area (Å²) in [7, 11) is 0. The molecule has 2 rings (SSSR count). The van der Waals surface area contributed by atoms with Gasteiger partial charge in [0.25, 0.3) is 0 Å². The van der Waals surface area contributed by atoms with Crippen LogP contribution in [0, 0.1) is 3.83 Å². The molecule has 3 heteroatoms. The van der Waals surface area contributed by atoms with E-state index in [2.05, 4.69) is 44.8 Å². The zero-order chi connectivity index (χ0) is 9.26. The van der Waals surface area contributed by atoms with Crippen LogP contribution in [0.4, 0.5) is 0 Å². The monoisotopic (exact) mass is 284 g/mol. The number of nitrogens with zero attached hydrogens (tertiary/aromatic N) is 2. The van der Waals surface area contributed by atoms with Crippen LogP contribution in [-0.4, -0.2) is 9.55 Å². The van der Waals surface area contributed by atoms with Gasteiger partial charge in [0.15, 0.2) is 3.83 Å². The predicted molar refractivity (Wildman–Crippen MR) is 62.6 cm³/mol. The summed E-state index contributed by atoms with van der Waals surface area (Å²) >= 11 is 2.24. The van der Waals surface area contributed by atoms with Crippen LogP contribution in [-0.2, 0) is 6.54 Å². The van der Waals surface area contributed by atoms with Crippen LogP contribution >= 0.6 is 22.6 Å². The van der Waals surface area contributed by atoms with Crippen molar-refractivity contribution < 1.29 is 0 Å². The van der Waals surface area contributed by atoms with Crippen LogP contribution in [0.3, 0.4) is 0 Å². The molecule has 0 N–H and O–H groups in total. The Morgan fingerprint density at radius 3 is 3.00 bits per heavy atom. The number of halogens is 1. The lowest BCUT2D eigenvalue weighted by molar-refractivity contribution is 0.821. The number of aromatic nitrogens is 2. The van der Waals surface area contributed by atoms with E-state index in [1.54, 1.807) is 0 Å². The first-order chi connectivity index (χ1) is 6.33. The Labute approximate surface area is 90.4 Å². The molecule has 0 spiro atoms. The summed E-state index contributed by atoms with van der Waals surface area (Å²) in [5.74, 6) is 0. The SMILES string of the molecule is C=CCn1c(I)nc2ccccc21. The molecule has 0 atom stereocenters. The fraction of sp³-hybridized carbons (Fsp3) is 0.100. The van der Waals surface area contributed by atoms with Crippen molar-refractivity contribution >= 4 is 33.6 Å². The van der Waals surface area contributed by atoms with Gasteiger partial charge in [-0.2, -0.15) is 0 Å². The van der Waals surface area contributed by atoms with Gasteiger partial charge in [-0.3, -0.25) is 0 Å². The topological polar surface area (TPSA) is 17.8 Å². The Balaban J connectivity index is 2.70. The third-order valence-corrected chi connectivity index (χ3v) is 2.74. The molecule has 0 fully saturated rings. The van der Waals surface area contributed by atoms with Gasteiger partial charge in [-0.25, -0.2) is 4.98 Å². The molecular formula is C10H9IN2. The minimum atomic E-state index is 0.818. The van der Waals surface area contributed by atoms with Gasteiger partial charge < -0.3 is 4.57 Å². The molecular weight excluding hydrogens is 275 g/mol. The van der Waals surface area contributed by atoms with Crippen LogP contribution in [0.1, 0.15) is 0 Å². The molecule has 13 heavy (non-hydrogen) atoms. The van der Waals surface area contributed by atoms with Crippen molar-refractivity contribution in [2.24, 2.45) is 0 Å². The Bertz CT molecular complexity index is 445. The summed E-state index contributed by atoms with van der Waals surface area (Å²) in [6.07, 6.45) is 1.89. The van der Waals surface area contributed by atoms with Crippen LogP contribution in [0.25, 0.3) is 11.0 Å². The first-order valence-corrected chi connectivity index (χ1v) is 5.12. The summed E-state index contributed by atoms with van der Waals surface area (Å²) in [5.41, 5.74) is 2.22. The standard InChI is InChI=1S/C10H9IN2/c1-2-7-13-9-6-4-3-5-8(9)12-10(13)11/h2-6H,1,7H2. The van der Waals surface area contributed by atoms with Gasteiger partial charge in [-0.1, -0.05) is 18.2 Å². The van der Waals surface area contributed by atoms with Gasteiger partial charge >= 0.3 is 0 Å². The lowest BCUT2D eigenvalue weighted by atomic mass is 10.3. The number of hydrogen-bond donors (Lipinski definition) is 0. The Morgan fingerprint density at radius 2 is 2.23 bits per heavy atom. The average Bonchev–Trinajstić information content (AvgIpc) is 2.44. The van der Waals surface area contributed by atoms with Crippen LogP contribution in [0.5, 0.6) is 0 Å². The van der Waals surface area contributed by atoms with E-state index in [4.69, 9.17) is 0 Å². The summed E-state index contributed by atoms with van der Waals surface area (Å²) in [5, 5.41) is 0. The van der Waals surface area contributed by atoms with E-state index in [-0.39, 0.29) is 0 Å². The molecule has 66 valence electrons. The molecule has 1 aromatic carbocycles. The normalized spacial score (nSPS) is 10.5. The average molecular weight is 284 g/mol. The van der Waals surface area contributed by atoms with E-state index in [1.165, 1.54) is 5.52 Å². The maximum atomic E-state index is 4.43.